The number of carbonyl (C=O) groups excluding carboxylic acids is 1. The van der Waals surface area contributed by atoms with E-state index < -0.39 is 16.1 Å². The Kier molecular flexibility index (Phi) is 7.02. The molecule has 0 saturated heterocycles. The minimum absolute atomic E-state index is 0.106. The van der Waals surface area contributed by atoms with Gasteiger partial charge in [-0.3, -0.25) is 4.79 Å². The number of ether oxygens (including phenoxy) is 1. The summed E-state index contributed by atoms with van der Waals surface area (Å²) in [4.78, 5) is 14.1. The lowest BCUT2D eigenvalue weighted by molar-refractivity contribution is -0.132. The third-order valence-corrected chi connectivity index (χ3v) is 4.98. The fourth-order valence-electron chi connectivity index (χ4n) is 2.14. The van der Waals surface area contributed by atoms with Gasteiger partial charge in [0.1, 0.15) is 11.8 Å². The van der Waals surface area contributed by atoms with Crippen LogP contribution in [0.1, 0.15) is 27.2 Å². The van der Waals surface area contributed by atoms with E-state index in [1.54, 1.807) is 24.1 Å². The average Bonchev–Trinajstić information content (AvgIpc) is 2.52. The monoisotopic (exact) mass is 342 g/mol. The van der Waals surface area contributed by atoms with Crippen molar-refractivity contribution in [3.63, 3.8) is 0 Å². The van der Waals surface area contributed by atoms with Crippen LogP contribution < -0.4 is 9.46 Å². The molecule has 7 heteroatoms. The summed E-state index contributed by atoms with van der Waals surface area (Å²) in [6, 6.07) is 5.27. The fourth-order valence-corrected chi connectivity index (χ4v) is 3.48. The summed E-state index contributed by atoms with van der Waals surface area (Å²) in [6.45, 7) is 6.19. The minimum atomic E-state index is -3.78. The first-order valence-corrected chi connectivity index (χ1v) is 9.12. The number of likely N-dealkylation sites (N-methyl/N-ethyl adjacent to an activating group) is 1. The predicted molar refractivity (Wildman–Crippen MR) is 89.9 cm³/mol. The molecule has 0 aliphatic heterocycles. The molecule has 0 saturated carbocycles. The highest BCUT2D eigenvalue weighted by Gasteiger charge is 2.30. The molecular formula is C16H26N2O4S. The average molecular weight is 342 g/mol. The summed E-state index contributed by atoms with van der Waals surface area (Å²) in [6.07, 6.45) is 0.818. The summed E-state index contributed by atoms with van der Waals surface area (Å²) in [5, 5.41) is 0. The Balaban J connectivity index is 2.99. The molecule has 0 aromatic heterocycles. The number of rotatable bonds is 8. The molecule has 0 aliphatic carbocycles. The highest BCUT2D eigenvalue weighted by molar-refractivity contribution is 7.89. The summed E-state index contributed by atoms with van der Waals surface area (Å²) in [5.74, 6) is 0.192. The standard InChI is InChI=1S/C16H26N2O4S/c1-6-11-18(4)16(19)15(12(2)3)17-23(20,21)14-9-7-13(22-5)8-10-14/h7-10,12,15,17H,6,11H2,1-5H3/t15-/m0/s1. The predicted octanol–water partition coefficient (Wildman–Crippen LogP) is 1.87. The van der Waals surface area contributed by atoms with Gasteiger partial charge in [-0.2, -0.15) is 4.72 Å². The Morgan fingerprint density at radius 3 is 2.26 bits per heavy atom. The third kappa shape index (κ3) is 5.21. The smallest absolute Gasteiger partial charge is 0.241 e. The number of amides is 1. The van der Waals surface area contributed by atoms with Gasteiger partial charge in [0.05, 0.1) is 12.0 Å². The van der Waals surface area contributed by atoms with Crippen LogP contribution in [0.15, 0.2) is 29.2 Å². The maximum absolute atomic E-state index is 12.5. The lowest BCUT2D eigenvalue weighted by atomic mass is 10.0. The number of nitrogens with zero attached hydrogens (tertiary/aromatic N) is 1. The van der Waals surface area contributed by atoms with Gasteiger partial charge in [0.25, 0.3) is 0 Å². The number of benzene rings is 1. The lowest BCUT2D eigenvalue weighted by Crippen LogP contribution is -2.50. The topological polar surface area (TPSA) is 75.7 Å². The number of nitrogens with one attached hydrogen (secondary N) is 1. The summed E-state index contributed by atoms with van der Waals surface area (Å²) in [7, 11) is -0.580. The van der Waals surface area contributed by atoms with Crippen molar-refractivity contribution in [3.8, 4) is 5.75 Å². The third-order valence-electron chi connectivity index (χ3n) is 3.52. The van der Waals surface area contributed by atoms with E-state index in [1.807, 2.05) is 20.8 Å². The van der Waals surface area contributed by atoms with E-state index in [1.165, 1.54) is 19.2 Å². The first-order chi connectivity index (χ1) is 10.7. The molecular weight excluding hydrogens is 316 g/mol. The zero-order chi connectivity index (χ0) is 17.6. The van der Waals surface area contributed by atoms with Gasteiger partial charge < -0.3 is 9.64 Å². The molecule has 1 N–H and O–H groups in total. The first-order valence-electron chi connectivity index (χ1n) is 7.64. The van der Waals surface area contributed by atoms with Crippen molar-refractivity contribution in [2.24, 2.45) is 5.92 Å². The number of hydrogen-bond acceptors (Lipinski definition) is 4. The zero-order valence-corrected chi connectivity index (χ0v) is 15.2. The molecule has 0 aliphatic rings. The van der Waals surface area contributed by atoms with Gasteiger partial charge in [-0.15, -0.1) is 0 Å². The van der Waals surface area contributed by atoms with Gasteiger partial charge in [-0.1, -0.05) is 20.8 Å². The lowest BCUT2D eigenvalue weighted by Gasteiger charge is -2.26. The minimum Gasteiger partial charge on any atom is -0.497 e. The molecule has 0 fully saturated rings. The Bertz CT molecular complexity index is 611. The molecule has 1 atom stereocenters. The molecule has 1 aromatic carbocycles. The SMILES string of the molecule is CCCN(C)C(=O)[C@@H](NS(=O)(=O)c1ccc(OC)cc1)C(C)C. The van der Waals surface area contributed by atoms with Gasteiger partial charge >= 0.3 is 0 Å². The Morgan fingerprint density at radius 2 is 1.83 bits per heavy atom. The molecule has 1 aromatic rings. The number of methoxy groups -OCH3 is 1. The van der Waals surface area contributed by atoms with Crippen LogP contribution >= 0.6 is 0 Å². The van der Waals surface area contributed by atoms with E-state index in [4.69, 9.17) is 4.74 Å². The van der Waals surface area contributed by atoms with E-state index >= 15 is 0 Å². The molecule has 130 valence electrons. The molecule has 0 radical (unpaired) electrons. The molecule has 0 spiro atoms. The van der Waals surface area contributed by atoms with Crippen molar-refractivity contribution in [2.75, 3.05) is 20.7 Å². The number of carbonyl (C=O) groups is 1. The molecule has 6 nitrogen and oxygen atoms in total. The maximum atomic E-state index is 12.5. The van der Waals surface area contributed by atoms with Crippen LogP contribution in [0.3, 0.4) is 0 Å². The van der Waals surface area contributed by atoms with Crippen molar-refractivity contribution in [1.29, 1.82) is 0 Å². The largest absolute Gasteiger partial charge is 0.497 e. The maximum Gasteiger partial charge on any atom is 0.241 e. The van der Waals surface area contributed by atoms with E-state index in [2.05, 4.69) is 4.72 Å². The highest BCUT2D eigenvalue weighted by atomic mass is 32.2. The van der Waals surface area contributed by atoms with E-state index in [9.17, 15) is 13.2 Å². The van der Waals surface area contributed by atoms with E-state index in [0.717, 1.165) is 6.42 Å². The Hall–Kier alpha value is -1.60. The van der Waals surface area contributed by atoms with Crippen LogP contribution in [-0.4, -0.2) is 46.0 Å². The van der Waals surface area contributed by atoms with Gasteiger partial charge in [-0.25, -0.2) is 8.42 Å². The van der Waals surface area contributed by atoms with Gasteiger partial charge in [0, 0.05) is 13.6 Å². The van der Waals surface area contributed by atoms with Crippen molar-refractivity contribution in [3.05, 3.63) is 24.3 Å². The van der Waals surface area contributed by atoms with Crippen LogP contribution in [0.4, 0.5) is 0 Å². The van der Waals surface area contributed by atoms with Crippen molar-refractivity contribution in [1.82, 2.24) is 9.62 Å². The van der Waals surface area contributed by atoms with E-state index in [-0.39, 0.29) is 16.7 Å². The van der Waals surface area contributed by atoms with Crippen molar-refractivity contribution >= 4 is 15.9 Å². The van der Waals surface area contributed by atoms with Crippen LogP contribution in [0.5, 0.6) is 5.75 Å². The van der Waals surface area contributed by atoms with Crippen molar-refractivity contribution in [2.45, 2.75) is 38.1 Å². The summed E-state index contributed by atoms with van der Waals surface area (Å²) < 4.78 is 32.6. The molecule has 0 heterocycles. The van der Waals surface area contributed by atoms with Crippen LogP contribution in [0.2, 0.25) is 0 Å². The zero-order valence-electron chi connectivity index (χ0n) is 14.4. The van der Waals surface area contributed by atoms with E-state index in [0.29, 0.717) is 12.3 Å². The molecule has 23 heavy (non-hydrogen) atoms. The normalized spacial score (nSPS) is 13.0. The molecule has 0 unspecified atom stereocenters. The van der Waals surface area contributed by atoms with Crippen molar-refractivity contribution < 1.29 is 17.9 Å². The highest BCUT2D eigenvalue weighted by Crippen LogP contribution is 2.17. The second kappa shape index (κ2) is 8.31. The van der Waals surface area contributed by atoms with Crippen LogP contribution in [0, 0.1) is 5.92 Å². The molecule has 1 rings (SSSR count). The first kappa shape index (κ1) is 19.4. The fraction of sp³-hybridized carbons (Fsp3) is 0.562. The number of hydrogen-bond donors (Lipinski definition) is 1. The molecule has 1 amide bonds. The van der Waals surface area contributed by atoms with Gasteiger partial charge in [0.2, 0.25) is 15.9 Å². The second-order valence-electron chi connectivity index (χ2n) is 5.78. The Labute approximate surface area is 138 Å². The van der Waals surface area contributed by atoms with Gasteiger partial charge in [0.15, 0.2) is 0 Å². The van der Waals surface area contributed by atoms with Crippen LogP contribution in [0.25, 0.3) is 0 Å². The van der Waals surface area contributed by atoms with Gasteiger partial charge in [-0.05, 0) is 36.6 Å². The number of sulfonamides is 1. The quantitative estimate of drug-likeness (QED) is 0.782. The summed E-state index contributed by atoms with van der Waals surface area (Å²) in [5.41, 5.74) is 0. The Morgan fingerprint density at radius 1 is 1.26 bits per heavy atom. The van der Waals surface area contributed by atoms with Crippen LogP contribution in [-0.2, 0) is 14.8 Å². The second-order valence-corrected chi connectivity index (χ2v) is 7.49. The molecule has 0 bridgehead atoms. The summed E-state index contributed by atoms with van der Waals surface area (Å²) >= 11 is 0.